The summed E-state index contributed by atoms with van der Waals surface area (Å²) in [5, 5.41) is 0. The zero-order chi connectivity index (χ0) is 40.9. The van der Waals surface area contributed by atoms with E-state index in [-0.39, 0.29) is 17.5 Å². The van der Waals surface area contributed by atoms with E-state index in [0.29, 0.717) is 39.6 Å². The Morgan fingerprint density at radius 3 is 1.19 bits per heavy atom. The monoisotopic (exact) mass is 786 g/mol. The summed E-state index contributed by atoms with van der Waals surface area (Å²) in [7, 11) is 0. The van der Waals surface area contributed by atoms with Gasteiger partial charge in [0.15, 0.2) is 11.8 Å². The molecule has 308 valence electrons. The van der Waals surface area contributed by atoms with E-state index in [1.165, 1.54) is 11.1 Å². The first kappa shape index (κ1) is 41.2. The third-order valence-electron chi connectivity index (χ3n) is 12.3. The van der Waals surface area contributed by atoms with Gasteiger partial charge in [-0.05, 0) is 135 Å². The fourth-order valence-corrected chi connectivity index (χ4v) is 8.51. The third kappa shape index (κ3) is 8.72. The second-order valence-electron chi connectivity index (χ2n) is 16.8. The van der Waals surface area contributed by atoms with Crippen LogP contribution in [0, 0.1) is 33.1 Å². The molecule has 0 radical (unpaired) electrons. The summed E-state index contributed by atoms with van der Waals surface area (Å²) < 4.78 is 37.7. The van der Waals surface area contributed by atoms with Gasteiger partial charge >= 0.3 is 0 Å². The van der Waals surface area contributed by atoms with Crippen LogP contribution in [0.2, 0.25) is 0 Å². The van der Waals surface area contributed by atoms with E-state index in [0.717, 1.165) is 107 Å². The van der Waals surface area contributed by atoms with Crippen LogP contribution in [-0.4, -0.2) is 51.4 Å². The number of fused-ring (bicyclic) bond motifs is 4. The van der Waals surface area contributed by atoms with Gasteiger partial charge in [0, 0.05) is 5.41 Å². The maximum Gasteiger partial charge on any atom is 0.199 e. The van der Waals surface area contributed by atoms with Crippen LogP contribution in [0.5, 0.6) is 23.0 Å². The number of ether oxygens (including phenoxy) is 6. The quantitative estimate of drug-likeness (QED) is 0.201. The number of hydrogen-bond donors (Lipinski definition) is 0. The van der Waals surface area contributed by atoms with Gasteiger partial charge in [0.1, 0.15) is 53.7 Å². The van der Waals surface area contributed by atoms with Crippen LogP contribution in [0.25, 0.3) is 0 Å². The first-order valence-corrected chi connectivity index (χ1v) is 21.4. The normalized spacial score (nSPS) is 20.8. The molecule has 8 heteroatoms. The molecule has 8 nitrogen and oxygen atoms in total. The molecule has 0 amide bonds. The maximum atomic E-state index is 6.37. The molecule has 0 spiro atoms. The van der Waals surface area contributed by atoms with Gasteiger partial charge in [0.05, 0.1) is 26.4 Å². The molecule has 12 bridgehead atoms. The molecule has 0 saturated carbocycles. The van der Waals surface area contributed by atoms with Gasteiger partial charge in [-0.3, -0.25) is 0 Å². The van der Waals surface area contributed by atoms with Gasteiger partial charge in [0.25, 0.3) is 0 Å². The highest BCUT2D eigenvalue weighted by Gasteiger charge is 2.46. The predicted molar refractivity (Wildman–Crippen MR) is 233 cm³/mol. The van der Waals surface area contributed by atoms with Gasteiger partial charge in [-0.15, -0.1) is 0 Å². The summed E-state index contributed by atoms with van der Waals surface area (Å²) >= 11 is 0. The molecule has 7 aliphatic heterocycles. The van der Waals surface area contributed by atoms with Crippen molar-refractivity contribution >= 4 is 11.8 Å². The van der Waals surface area contributed by atoms with Crippen molar-refractivity contribution in [3.05, 3.63) is 117 Å². The van der Waals surface area contributed by atoms with Gasteiger partial charge in [-0.1, -0.05) is 76.2 Å². The van der Waals surface area contributed by atoms with E-state index in [2.05, 4.69) is 104 Å². The van der Waals surface area contributed by atoms with Crippen LogP contribution in [0.15, 0.2) is 82.8 Å². The molecule has 0 saturated heterocycles. The Morgan fingerprint density at radius 1 is 0.500 bits per heavy atom. The van der Waals surface area contributed by atoms with Crippen molar-refractivity contribution in [2.24, 2.45) is 15.4 Å². The van der Waals surface area contributed by atoms with Crippen molar-refractivity contribution in [3.8, 4) is 23.0 Å². The second kappa shape index (κ2) is 17.9. The molecule has 7 heterocycles. The summed E-state index contributed by atoms with van der Waals surface area (Å²) in [6, 6.07) is 25.5. The molecule has 58 heavy (non-hydrogen) atoms. The number of rotatable bonds is 2. The number of aliphatic imine (C=N–C) groups is 2. The summed E-state index contributed by atoms with van der Waals surface area (Å²) in [6.07, 6.45) is 5.17. The lowest BCUT2D eigenvalue weighted by molar-refractivity contribution is 0.245. The summed E-state index contributed by atoms with van der Waals surface area (Å²) in [5.41, 5.74) is 8.69. The topological polar surface area (TPSA) is 80.1 Å². The number of hydrogen-bond acceptors (Lipinski definition) is 8. The second-order valence-corrected chi connectivity index (χ2v) is 16.8. The minimum Gasteiger partial charge on any atom is -0.494 e. The number of nitrogens with zero attached hydrogens (tertiary/aromatic N) is 2. The molecule has 0 aliphatic carbocycles. The van der Waals surface area contributed by atoms with Crippen molar-refractivity contribution in [2.45, 2.75) is 111 Å². The van der Waals surface area contributed by atoms with Crippen molar-refractivity contribution in [1.82, 2.24) is 0 Å². The van der Waals surface area contributed by atoms with Gasteiger partial charge in [-0.25, -0.2) is 9.98 Å². The summed E-state index contributed by atoms with van der Waals surface area (Å²) in [5.74, 6) is 5.09. The minimum absolute atomic E-state index is 0.0878. The molecule has 2 atom stereocenters. The molecule has 0 unspecified atom stereocenters. The summed E-state index contributed by atoms with van der Waals surface area (Å²) in [6.45, 7) is 21.1. The molecule has 7 aliphatic rings. The van der Waals surface area contributed by atoms with Crippen LogP contribution < -0.4 is 18.9 Å². The Morgan fingerprint density at radius 2 is 0.845 bits per heavy atom. The minimum atomic E-state index is -0.503. The standard InChI is InChI=1S/C50H62N2O6/c1-9-50(10-2)47-51-43(31-57-47)37-15-19-41(20-16-37)53-23-11-13-25-55-45-33(3)27-39(28-34(45)4)49(7,8)40-29-35(5)46(36(6)30-40)56-26-14-12-24-54-42-21-17-38(18-22-42)44-32-58-48(50)52-44/h15-22,27-30,43-44H,9-14,23-26,31-32H2,1-8H3/t43-,44-/m0/s1. The van der Waals surface area contributed by atoms with Crippen LogP contribution in [-0.2, 0) is 14.9 Å². The van der Waals surface area contributed by atoms with E-state index in [4.69, 9.17) is 38.4 Å². The maximum absolute atomic E-state index is 6.37. The van der Waals surface area contributed by atoms with E-state index >= 15 is 0 Å². The SMILES string of the molecule is CCC1(CC)C2=N[C@@H](CO2)c2ccc(cc2)OCCCCOc2c(C)cc(cc2C)C(C)(C)c2cc(C)c(c(C)c2)OCCCCOc2ccc(cc2)[C@@H]2COC1=N2. The molecule has 0 N–H and O–H groups in total. The van der Waals surface area contributed by atoms with E-state index in [9.17, 15) is 0 Å². The zero-order valence-electron chi connectivity index (χ0n) is 35.9. The molecule has 0 fully saturated rings. The highest BCUT2D eigenvalue weighted by molar-refractivity contribution is 6.06. The Hall–Kier alpha value is -4.98. The molecule has 0 aromatic heterocycles. The predicted octanol–water partition coefficient (Wildman–Crippen LogP) is 11.5. The van der Waals surface area contributed by atoms with Crippen molar-refractivity contribution in [1.29, 1.82) is 0 Å². The average molecular weight is 787 g/mol. The highest BCUT2D eigenvalue weighted by atomic mass is 16.5. The molecule has 4 aromatic rings. The fraction of sp³-hybridized carbons (Fsp3) is 0.480. The van der Waals surface area contributed by atoms with Crippen LogP contribution in [0.1, 0.15) is 123 Å². The van der Waals surface area contributed by atoms with Crippen LogP contribution >= 0.6 is 0 Å². The van der Waals surface area contributed by atoms with Gasteiger partial charge in [0.2, 0.25) is 0 Å². The van der Waals surface area contributed by atoms with E-state index in [1.54, 1.807) is 0 Å². The fourth-order valence-electron chi connectivity index (χ4n) is 8.51. The first-order valence-electron chi connectivity index (χ1n) is 21.4. The van der Waals surface area contributed by atoms with E-state index < -0.39 is 5.41 Å². The van der Waals surface area contributed by atoms with Crippen LogP contribution in [0.3, 0.4) is 0 Å². The van der Waals surface area contributed by atoms with Crippen LogP contribution in [0.4, 0.5) is 0 Å². The molecule has 11 rings (SSSR count). The third-order valence-corrected chi connectivity index (χ3v) is 12.3. The Kier molecular flexibility index (Phi) is 12.7. The molecule has 4 aromatic carbocycles. The Balaban J connectivity index is 1.08. The van der Waals surface area contributed by atoms with Gasteiger partial charge in [-0.2, -0.15) is 0 Å². The smallest absolute Gasteiger partial charge is 0.199 e. The van der Waals surface area contributed by atoms with Crippen molar-refractivity contribution in [2.75, 3.05) is 39.6 Å². The number of aryl methyl sites for hydroxylation is 4. The largest absolute Gasteiger partial charge is 0.494 e. The molecular weight excluding hydrogens is 725 g/mol. The first-order chi connectivity index (χ1) is 28.0. The Labute approximate surface area is 346 Å². The van der Waals surface area contributed by atoms with Gasteiger partial charge < -0.3 is 28.4 Å². The summed E-state index contributed by atoms with van der Waals surface area (Å²) in [4.78, 5) is 10.3. The van der Waals surface area contributed by atoms with E-state index in [1.807, 2.05) is 24.3 Å². The average Bonchev–Trinajstić information content (AvgIpc) is 3.92. The van der Waals surface area contributed by atoms with Crippen molar-refractivity contribution in [3.63, 3.8) is 0 Å². The lowest BCUT2D eigenvalue weighted by Gasteiger charge is -2.29. The zero-order valence-corrected chi connectivity index (χ0v) is 35.9. The highest BCUT2D eigenvalue weighted by Crippen LogP contribution is 2.42. The number of benzene rings is 4. The Bertz CT molecular complexity index is 1910. The molecular formula is C50H62N2O6. The van der Waals surface area contributed by atoms with Crippen molar-refractivity contribution < 1.29 is 28.4 Å². The lowest BCUT2D eigenvalue weighted by atomic mass is 9.76. The lowest BCUT2D eigenvalue weighted by Crippen LogP contribution is -2.39.